The molecule has 0 aliphatic carbocycles. The molecule has 0 radical (unpaired) electrons. The number of methoxy groups -OCH3 is 1. The van der Waals surface area contributed by atoms with Crippen LogP contribution in [-0.2, 0) is 23.7 Å². The molecule has 0 aromatic heterocycles. The predicted molar refractivity (Wildman–Crippen MR) is 62.6 cm³/mol. The van der Waals surface area contributed by atoms with Crippen LogP contribution in [0.25, 0.3) is 0 Å². The number of rotatable bonds is 10. The van der Waals surface area contributed by atoms with Crippen molar-refractivity contribution >= 4 is 12.1 Å². The number of aliphatic hydroxyl groups excluding tert-OH is 1. The second-order valence-electron chi connectivity index (χ2n) is 3.57. The molecule has 0 aliphatic heterocycles. The lowest BCUT2D eigenvalue weighted by Crippen LogP contribution is -2.30. The van der Waals surface area contributed by atoms with Crippen molar-refractivity contribution in [1.82, 2.24) is 0 Å². The fourth-order valence-electron chi connectivity index (χ4n) is 1.05. The van der Waals surface area contributed by atoms with Gasteiger partial charge in [0.15, 0.2) is 6.29 Å². The molecule has 0 bridgehead atoms. The number of carbonyl (C=O) groups excluding carboxylic acids is 1. The van der Waals surface area contributed by atoms with Gasteiger partial charge < -0.3 is 29.2 Å². The summed E-state index contributed by atoms with van der Waals surface area (Å²) in [5, 5.41) is 17.3. The quantitative estimate of drug-likeness (QED) is 0.436. The minimum absolute atomic E-state index is 0.167. The third kappa shape index (κ3) is 9.23. The van der Waals surface area contributed by atoms with Crippen LogP contribution in [0.4, 0.5) is 4.79 Å². The van der Waals surface area contributed by atoms with Crippen molar-refractivity contribution in [2.75, 3.05) is 26.9 Å². The van der Waals surface area contributed by atoms with Gasteiger partial charge in [0.25, 0.3) is 0 Å². The van der Waals surface area contributed by atoms with E-state index < -0.39 is 24.5 Å². The van der Waals surface area contributed by atoms with Crippen LogP contribution in [0, 0.1) is 0 Å². The van der Waals surface area contributed by atoms with E-state index in [-0.39, 0.29) is 26.2 Å². The molecule has 2 atom stereocenters. The second kappa shape index (κ2) is 10.5. The normalized spacial score (nSPS) is 13.6. The number of aliphatic carboxylic acids is 1. The standard InChI is InChI=1S/C11H20O8/c1-3-8(6-12)19-10(16-2)7-18-11(15)17-5-4-9(13)14/h8,10,12H,3-7H2,1-2H3,(H,13,14). The first-order valence-corrected chi connectivity index (χ1v) is 5.83. The monoisotopic (exact) mass is 280 g/mol. The van der Waals surface area contributed by atoms with Gasteiger partial charge in [-0.3, -0.25) is 4.79 Å². The summed E-state index contributed by atoms with van der Waals surface area (Å²) in [5.41, 5.74) is 0. The molecule has 2 unspecified atom stereocenters. The minimum atomic E-state index is -1.07. The lowest BCUT2D eigenvalue weighted by atomic mass is 10.3. The Morgan fingerprint density at radius 2 is 1.95 bits per heavy atom. The Balaban J connectivity index is 3.86. The highest BCUT2D eigenvalue weighted by Gasteiger charge is 2.17. The molecule has 0 aliphatic rings. The van der Waals surface area contributed by atoms with Crippen LogP contribution >= 0.6 is 0 Å². The van der Waals surface area contributed by atoms with Gasteiger partial charge in [-0.25, -0.2) is 4.79 Å². The Kier molecular flexibility index (Phi) is 9.77. The van der Waals surface area contributed by atoms with E-state index in [0.29, 0.717) is 6.42 Å². The summed E-state index contributed by atoms with van der Waals surface area (Å²) in [6, 6.07) is 0. The van der Waals surface area contributed by atoms with Gasteiger partial charge >= 0.3 is 12.1 Å². The van der Waals surface area contributed by atoms with Gasteiger partial charge in [0.1, 0.15) is 13.2 Å². The topological polar surface area (TPSA) is 112 Å². The zero-order valence-corrected chi connectivity index (χ0v) is 11.0. The van der Waals surface area contributed by atoms with Gasteiger partial charge in [0.05, 0.1) is 19.1 Å². The lowest BCUT2D eigenvalue weighted by Gasteiger charge is -2.21. The van der Waals surface area contributed by atoms with E-state index >= 15 is 0 Å². The highest BCUT2D eigenvalue weighted by molar-refractivity contribution is 5.67. The number of aliphatic hydroxyl groups is 1. The van der Waals surface area contributed by atoms with Gasteiger partial charge in [0.2, 0.25) is 0 Å². The zero-order valence-electron chi connectivity index (χ0n) is 11.0. The molecule has 8 heteroatoms. The Bertz CT molecular complexity index is 263. The van der Waals surface area contributed by atoms with Crippen molar-refractivity contribution in [2.45, 2.75) is 32.2 Å². The van der Waals surface area contributed by atoms with E-state index in [1.54, 1.807) is 0 Å². The summed E-state index contributed by atoms with van der Waals surface area (Å²) in [7, 11) is 1.37. The smallest absolute Gasteiger partial charge is 0.481 e. The van der Waals surface area contributed by atoms with E-state index in [1.807, 2.05) is 6.92 Å². The molecule has 0 heterocycles. The molecule has 0 aromatic carbocycles. The lowest BCUT2D eigenvalue weighted by molar-refractivity contribution is -0.184. The minimum Gasteiger partial charge on any atom is -0.481 e. The van der Waals surface area contributed by atoms with Gasteiger partial charge in [-0.05, 0) is 6.42 Å². The third-order valence-electron chi connectivity index (χ3n) is 2.14. The van der Waals surface area contributed by atoms with Crippen molar-refractivity contribution in [3.05, 3.63) is 0 Å². The van der Waals surface area contributed by atoms with Crippen LogP contribution in [0.5, 0.6) is 0 Å². The van der Waals surface area contributed by atoms with Crippen LogP contribution in [0.2, 0.25) is 0 Å². The maximum absolute atomic E-state index is 11.1. The SMILES string of the molecule is CCC(CO)OC(COC(=O)OCCC(=O)O)OC. The molecular weight excluding hydrogens is 260 g/mol. The first-order chi connectivity index (χ1) is 9.03. The molecule has 0 spiro atoms. The van der Waals surface area contributed by atoms with E-state index in [4.69, 9.17) is 19.7 Å². The van der Waals surface area contributed by atoms with Crippen LogP contribution in [-0.4, -0.2) is 61.7 Å². The van der Waals surface area contributed by atoms with Crippen LogP contribution < -0.4 is 0 Å². The molecular formula is C11H20O8. The number of hydrogen-bond acceptors (Lipinski definition) is 7. The van der Waals surface area contributed by atoms with Crippen LogP contribution in [0.3, 0.4) is 0 Å². The molecule has 19 heavy (non-hydrogen) atoms. The number of hydrogen-bond donors (Lipinski definition) is 2. The maximum atomic E-state index is 11.1. The average molecular weight is 280 g/mol. The summed E-state index contributed by atoms with van der Waals surface area (Å²) in [4.78, 5) is 21.3. The summed E-state index contributed by atoms with van der Waals surface area (Å²) < 4.78 is 19.4. The van der Waals surface area contributed by atoms with Gasteiger partial charge in [-0.2, -0.15) is 0 Å². The van der Waals surface area contributed by atoms with Crippen molar-refractivity contribution in [3.8, 4) is 0 Å². The Morgan fingerprint density at radius 3 is 2.42 bits per heavy atom. The molecule has 0 saturated carbocycles. The number of carbonyl (C=O) groups is 2. The van der Waals surface area contributed by atoms with Gasteiger partial charge in [-0.15, -0.1) is 0 Å². The maximum Gasteiger partial charge on any atom is 0.508 e. The summed E-state index contributed by atoms with van der Waals surface area (Å²) in [5.74, 6) is -1.07. The first kappa shape index (κ1) is 17.6. The van der Waals surface area contributed by atoms with Crippen molar-refractivity contribution < 1.29 is 38.7 Å². The second-order valence-corrected chi connectivity index (χ2v) is 3.57. The molecule has 0 aromatic rings. The summed E-state index contributed by atoms with van der Waals surface area (Å²) in [6.07, 6.45) is -1.93. The van der Waals surface area contributed by atoms with E-state index in [1.165, 1.54) is 7.11 Å². The van der Waals surface area contributed by atoms with Crippen LogP contribution in [0.1, 0.15) is 19.8 Å². The fraction of sp³-hybridized carbons (Fsp3) is 0.818. The molecule has 0 amide bonds. The van der Waals surface area contributed by atoms with Gasteiger partial charge in [-0.1, -0.05) is 6.92 Å². The molecule has 0 rings (SSSR count). The number of ether oxygens (including phenoxy) is 4. The van der Waals surface area contributed by atoms with Crippen molar-refractivity contribution in [1.29, 1.82) is 0 Å². The Labute approximate surface area is 111 Å². The van der Waals surface area contributed by atoms with E-state index in [9.17, 15) is 9.59 Å². The molecule has 2 N–H and O–H groups in total. The van der Waals surface area contributed by atoms with Crippen LogP contribution in [0.15, 0.2) is 0 Å². The number of carboxylic acids is 1. The van der Waals surface area contributed by atoms with Gasteiger partial charge in [0, 0.05) is 7.11 Å². The highest BCUT2D eigenvalue weighted by atomic mass is 16.7. The fourth-order valence-corrected chi connectivity index (χ4v) is 1.05. The average Bonchev–Trinajstić information content (AvgIpc) is 2.38. The molecule has 0 fully saturated rings. The van der Waals surface area contributed by atoms with E-state index in [2.05, 4.69) is 9.47 Å². The molecule has 112 valence electrons. The van der Waals surface area contributed by atoms with Crippen molar-refractivity contribution in [2.24, 2.45) is 0 Å². The largest absolute Gasteiger partial charge is 0.508 e. The third-order valence-corrected chi connectivity index (χ3v) is 2.14. The Hall–Kier alpha value is -1.38. The molecule has 8 nitrogen and oxygen atoms in total. The van der Waals surface area contributed by atoms with Crippen molar-refractivity contribution in [3.63, 3.8) is 0 Å². The Morgan fingerprint density at radius 1 is 1.26 bits per heavy atom. The number of carboxylic acid groups (broad SMARTS) is 1. The summed E-state index contributed by atoms with van der Waals surface area (Å²) >= 11 is 0. The van der Waals surface area contributed by atoms with E-state index in [0.717, 1.165) is 0 Å². The summed E-state index contributed by atoms with van der Waals surface area (Å²) in [6.45, 7) is 1.19. The first-order valence-electron chi connectivity index (χ1n) is 5.83. The zero-order chi connectivity index (χ0) is 14.7. The highest BCUT2D eigenvalue weighted by Crippen LogP contribution is 2.04. The molecule has 0 saturated heterocycles. The predicted octanol–water partition coefficient (Wildman–Crippen LogP) is 0.374.